The Morgan fingerprint density at radius 3 is 0.747 bits per heavy atom. The molecule has 0 aliphatic rings. The van der Waals surface area contributed by atoms with Crippen molar-refractivity contribution in [1.82, 2.24) is 0 Å². The van der Waals surface area contributed by atoms with Crippen LogP contribution in [0, 0.1) is 0 Å². The van der Waals surface area contributed by atoms with E-state index < -0.39 is 6.10 Å². The second-order valence-corrected chi connectivity index (χ2v) is 21.3. The van der Waals surface area contributed by atoms with Crippen LogP contribution in [0.25, 0.3) is 0 Å². The molecule has 0 fully saturated rings. The van der Waals surface area contributed by atoms with Gasteiger partial charge in [-0.25, -0.2) is 0 Å². The molecule has 83 heavy (non-hydrogen) atoms. The summed E-state index contributed by atoms with van der Waals surface area (Å²) in [5.41, 5.74) is 0. The van der Waals surface area contributed by atoms with E-state index in [-0.39, 0.29) is 37.5 Å². The van der Waals surface area contributed by atoms with Crippen molar-refractivity contribution in [3.05, 3.63) is 182 Å². The van der Waals surface area contributed by atoms with Gasteiger partial charge >= 0.3 is 17.9 Å². The Kier molecular flexibility index (Phi) is 64.4. The quantitative estimate of drug-likeness (QED) is 0.0261. The number of carbonyl (C=O) groups excluding carboxylic acids is 3. The first-order valence-electron chi connectivity index (χ1n) is 33.3. The van der Waals surface area contributed by atoms with Crippen LogP contribution in [-0.2, 0) is 28.6 Å². The zero-order chi connectivity index (χ0) is 59.9. The molecule has 0 heterocycles. The second-order valence-electron chi connectivity index (χ2n) is 21.3. The summed E-state index contributed by atoms with van der Waals surface area (Å²) in [5, 5.41) is 0. The molecule has 0 aliphatic carbocycles. The van der Waals surface area contributed by atoms with Crippen molar-refractivity contribution in [2.75, 3.05) is 13.2 Å². The van der Waals surface area contributed by atoms with E-state index in [1.165, 1.54) is 51.4 Å². The number of unbranched alkanes of at least 4 members (excludes halogenated alkanes) is 17. The van der Waals surface area contributed by atoms with Gasteiger partial charge in [0.05, 0.1) is 0 Å². The smallest absolute Gasteiger partial charge is 0.306 e. The number of hydrogen-bond donors (Lipinski definition) is 0. The van der Waals surface area contributed by atoms with E-state index in [1.807, 2.05) is 0 Å². The number of ether oxygens (including phenoxy) is 3. The molecule has 0 bridgehead atoms. The van der Waals surface area contributed by atoms with Crippen LogP contribution in [0.2, 0.25) is 0 Å². The number of carbonyl (C=O) groups is 3. The Balaban J connectivity index is 4.58. The highest BCUT2D eigenvalue weighted by atomic mass is 16.6. The summed E-state index contributed by atoms with van der Waals surface area (Å²) in [7, 11) is 0. The molecule has 6 nitrogen and oxygen atoms in total. The Hall–Kier alpha value is -5.49. The lowest BCUT2D eigenvalue weighted by atomic mass is 10.1. The van der Waals surface area contributed by atoms with Crippen LogP contribution in [0.4, 0.5) is 0 Å². The predicted molar refractivity (Wildman–Crippen MR) is 361 cm³/mol. The first-order chi connectivity index (χ1) is 41.0. The van der Waals surface area contributed by atoms with Crippen molar-refractivity contribution in [2.45, 2.75) is 271 Å². The third-order valence-corrected chi connectivity index (χ3v) is 13.4. The van der Waals surface area contributed by atoms with Gasteiger partial charge in [-0.05, 0) is 161 Å². The summed E-state index contributed by atoms with van der Waals surface area (Å²) in [6.07, 6.45) is 103. The molecule has 0 aromatic heterocycles. The minimum Gasteiger partial charge on any atom is -0.462 e. The molecule has 0 aromatic carbocycles. The van der Waals surface area contributed by atoms with Crippen LogP contribution in [0.15, 0.2) is 182 Å². The third-order valence-electron chi connectivity index (χ3n) is 13.4. The largest absolute Gasteiger partial charge is 0.462 e. The average Bonchev–Trinajstić information content (AvgIpc) is 3.50. The highest BCUT2D eigenvalue weighted by Crippen LogP contribution is 2.13. The van der Waals surface area contributed by atoms with Crippen LogP contribution in [0.3, 0.4) is 0 Å². The van der Waals surface area contributed by atoms with E-state index in [1.54, 1.807) is 0 Å². The molecule has 0 N–H and O–H groups in total. The standard InChI is InChI=1S/C77H120O6/c1-4-7-10-13-16-19-22-25-28-31-34-36-37-38-39-41-43-46-49-52-55-58-61-64-67-70-76(79)82-73-74(72-81-75(78)69-66-63-60-57-54-51-48-45-42-33-30-27-24-21-18-15-12-9-6-3)83-77(80)71-68-65-62-59-56-53-50-47-44-40-35-32-29-26-23-20-17-14-11-8-5-2/h7,9-10,12,16,18-19,21,23,25-28,30,32,34-36,38-39,42-47,51-52,54-55,74H,4-6,8,11,13-15,17,20,22,24,29,31,33,37,40-41,48-50,53,56-73H2,1-3H3/b10-7-,12-9-,19-16-,21-18-,26-23-,28-25-,30-27-,35-32-,36-34-,39-38-,45-42-,46-43-,47-44-,54-51-,55-52-. The van der Waals surface area contributed by atoms with Crippen LogP contribution in [0.1, 0.15) is 265 Å². The van der Waals surface area contributed by atoms with Crippen molar-refractivity contribution in [3.8, 4) is 0 Å². The highest BCUT2D eigenvalue weighted by molar-refractivity contribution is 5.71. The summed E-state index contributed by atoms with van der Waals surface area (Å²) in [4.78, 5) is 38.4. The summed E-state index contributed by atoms with van der Waals surface area (Å²) in [6, 6.07) is 0. The lowest BCUT2D eigenvalue weighted by Gasteiger charge is -2.18. The number of hydrogen-bond acceptors (Lipinski definition) is 6. The van der Waals surface area contributed by atoms with E-state index in [4.69, 9.17) is 14.2 Å². The fraction of sp³-hybridized carbons (Fsp3) is 0.571. The van der Waals surface area contributed by atoms with Crippen LogP contribution < -0.4 is 0 Å². The third kappa shape index (κ3) is 67.2. The molecule has 1 atom stereocenters. The van der Waals surface area contributed by atoms with Gasteiger partial charge in [0.2, 0.25) is 0 Å². The zero-order valence-electron chi connectivity index (χ0n) is 53.1. The van der Waals surface area contributed by atoms with Crippen LogP contribution in [0.5, 0.6) is 0 Å². The minimum absolute atomic E-state index is 0.121. The molecule has 0 rings (SSSR count). The molecular formula is C77H120O6. The van der Waals surface area contributed by atoms with Crippen molar-refractivity contribution < 1.29 is 28.6 Å². The average molecular weight is 1140 g/mol. The van der Waals surface area contributed by atoms with Crippen LogP contribution in [-0.4, -0.2) is 37.2 Å². The number of rotatable bonds is 58. The van der Waals surface area contributed by atoms with Crippen molar-refractivity contribution >= 4 is 17.9 Å². The molecule has 0 aromatic rings. The molecular weight excluding hydrogens is 1020 g/mol. The van der Waals surface area contributed by atoms with Crippen molar-refractivity contribution in [1.29, 1.82) is 0 Å². The van der Waals surface area contributed by atoms with Gasteiger partial charge in [-0.3, -0.25) is 14.4 Å². The molecule has 6 heteroatoms. The summed E-state index contributed by atoms with van der Waals surface area (Å²) >= 11 is 0. The monoisotopic (exact) mass is 1140 g/mol. The molecule has 0 amide bonds. The Morgan fingerprint density at radius 1 is 0.253 bits per heavy atom. The van der Waals surface area contributed by atoms with E-state index in [2.05, 4.69) is 203 Å². The molecule has 0 saturated heterocycles. The zero-order valence-corrected chi connectivity index (χ0v) is 53.1. The number of allylic oxidation sites excluding steroid dienone is 30. The Bertz CT molecular complexity index is 1940. The lowest BCUT2D eigenvalue weighted by molar-refractivity contribution is -0.167. The summed E-state index contributed by atoms with van der Waals surface area (Å²) in [5.74, 6) is -1.00. The highest BCUT2D eigenvalue weighted by Gasteiger charge is 2.19. The predicted octanol–water partition coefficient (Wildman–Crippen LogP) is 23.2. The second kappa shape index (κ2) is 69.0. The van der Waals surface area contributed by atoms with Gasteiger partial charge in [0.25, 0.3) is 0 Å². The van der Waals surface area contributed by atoms with Gasteiger partial charge in [-0.1, -0.05) is 267 Å². The van der Waals surface area contributed by atoms with Crippen molar-refractivity contribution in [2.24, 2.45) is 0 Å². The van der Waals surface area contributed by atoms with E-state index in [9.17, 15) is 14.4 Å². The molecule has 0 aliphatic heterocycles. The van der Waals surface area contributed by atoms with Gasteiger partial charge in [-0.2, -0.15) is 0 Å². The molecule has 0 saturated carbocycles. The fourth-order valence-corrected chi connectivity index (χ4v) is 8.46. The van der Waals surface area contributed by atoms with E-state index >= 15 is 0 Å². The maximum Gasteiger partial charge on any atom is 0.306 e. The Labute approximate surface area is 510 Å². The fourth-order valence-electron chi connectivity index (χ4n) is 8.46. The molecule has 464 valence electrons. The van der Waals surface area contributed by atoms with Gasteiger partial charge in [0.1, 0.15) is 13.2 Å². The first-order valence-corrected chi connectivity index (χ1v) is 33.3. The first kappa shape index (κ1) is 77.5. The summed E-state index contributed by atoms with van der Waals surface area (Å²) < 4.78 is 16.9. The summed E-state index contributed by atoms with van der Waals surface area (Å²) in [6.45, 7) is 6.33. The SMILES string of the molecule is CC/C=C\C/C=C\C/C=C\C/C=C\C/C=C\C/C=C\C/C=C\CCCCCC(=O)OCC(COC(=O)CCCCC/C=C\C/C=C\C/C=C\C/C=C\C/C=C\CC)OC(=O)CCCCCCCC/C=C\C/C=C\C/C=C\CCCCCCC. The lowest BCUT2D eigenvalue weighted by Crippen LogP contribution is -2.30. The van der Waals surface area contributed by atoms with Crippen molar-refractivity contribution in [3.63, 3.8) is 0 Å². The normalized spacial score (nSPS) is 13.3. The maximum atomic E-state index is 12.9. The van der Waals surface area contributed by atoms with Gasteiger partial charge in [-0.15, -0.1) is 0 Å². The molecule has 1 unspecified atom stereocenters. The van der Waals surface area contributed by atoms with Gasteiger partial charge < -0.3 is 14.2 Å². The maximum absolute atomic E-state index is 12.9. The topological polar surface area (TPSA) is 78.9 Å². The van der Waals surface area contributed by atoms with Gasteiger partial charge in [0.15, 0.2) is 6.10 Å². The van der Waals surface area contributed by atoms with E-state index in [0.29, 0.717) is 12.8 Å². The Morgan fingerprint density at radius 2 is 0.470 bits per heavy atom. The number of esters is 3. The molecule has 0 spiro atoms. The molecule has 0 radical (unpaired) electrons. The van der Waals surface area contributed by atoms with E-state index in [0.717, 1.165) is 173 Å². The van der Waals surface area contributed by atoms with Gasteiger partial charge in [0, 0.05) is 19.3 Å². The minimum atomic E-state index is -0.827. The van der Waals surface area contributed by atoms with Crippen LogP contribution >= 0.6 is 0 Å².